The molecule has 2 aliphatic rings. The molecule has 0 atom stereocenters. The summed E-state index contributed by atoms with van der Waals surface area (Å²) in [5, 5.41) is 3.17. The van der Waals surface area contributed by atoms with Crippen LogP contribution in [0.3, 0.4) is 0 Å². The summed E-state index contributed by atoms with van der Waals surface area (Å²) in [6, 6.07) is 8.46. The van der Waals surface area contributed by atoms with Crippen molar-refractivity contribution in [2.45, 2.75) is 57.4 Å². The molecule has 4 heterocycles. The van der Waals surface area contributed by atoms with Gasteiger partial charge in [0.15, 0.2) is 5.65 Å². The minimum atomic E-state index is -0.270. The molecule has 5 rings (SSSR count). The molecule has 2 aromatic heterocycles. The second kappa shape index (κ2) is 8.62. The van der Waals surface area contributed by atoms with Gasteiger partial charge in [-0.3, -0.25) is 4.79 Å². The van der Waals surface area contributed by atoms with E-state index in [4.69, 9.17) is 14.7 Å². The average molecular weight is 437 g/mol. The maximum atomic E-state index is 13.5. The van der Waals surface area contributed by atoms with E-state index < -0.39 is 0 Å². The summed E-state index contributed by atoms with van der Waals surface area (Å²) in [4.78, 5) is 22.9. The highest BCUT2D eigenvalue weighted by molar-refractivity contribution is 6.04. The normalized spacial score (nSPS) is 18.2. The van der Waals surface area contributed by atoms with Gasteiger partial charge in [-0.15, -0.1) is 0 Å². The quantitative estimate of drug-likeness (QED) is 0.669. The average Bonchev–Trinajstić information content (AvgIpc) is 2.98. The second-order valence-corrected chi connectivity index (χ2v) is 9.06. The Morgan fingerprint density at radius 3 is 2.72 bits per heavy atom. The van der Waals surface area contributed by atoms with Gasteiger partial charge in [0.2, 0.25) is 0 Å². The van der Waals surface area contributed by atoms with Crippen molar-refractivity contribution < 1.29 is 13.9 Å². The van der Waals surface area contributed by atoms with E-state index in [2.05, 4.69) is 9.88 Å². The van der Waals surface area contributed by atoms with Crippen molar-refractivity contribution in [1.82, 2.24) is 19.9 Å². The number of aromatic nitrogens is 3. The summed E-state index contributed by atoms with van der Waals surface area (Å²) in [6.45, 7) is 4.54. The van der Waals surface area contributed by atoms with Gasteiger partial charge in [0.05, 0.1) is 5.56 Å². The molecule has 2 aliphatic heterocycles. The van der Waals surface area contributed by atoms with E-state index in [1.807, 2.05) is 25.1 Å². The van der Waals surface area contributed by atoms with Crippen LogP contribution in [0.2, 0.25) is 0 Å². The number of amides is 1. The zero-order valence-corrected chi connectivity index (χ0v) is 18.5. The van der Waals surface area contributed by atoms with Gasteiger partial charge in [0.1, 0.15) is 17.2 Å². The van der Waals surface area contributed by atoms with Crippen LogP contribution in [-0.4, -0.2) is 40.2 Å². The minimum absolute atomic E-state index is 0.137. The Balaban J connectivity index is 1.44. The molecule has 0 radical (unpaired) electrons. The van der Waals surface area contributed by atoms with Crippen LogP contribution in [0, 0.1) is 12.7 Å². The van der Waals surface area contributed by atoms with Crippen LogP contribution in [0.5, 0.6) is 0 Å². The Bertz CT molecular complexity index is 1130. The molecule has 1 fully saturated rings. The number of nitrogens with zero attached hydrogens (tertiary/aromatic N) is 3. The summed E-state index contributed by atoms with van der Waals surface area (Å²) >= 11 is 0. The molecule has 168 valence electrons. The van der Waals surface area contributed by atoms with E-state index >= 15 is 0 Å². The molecule has 0 spiro atoms. The molecule has 7 heteroatoms. The first-order chi connectivity index (χ1) is 15.6. The fourth-order valence-corrected chi connectivity index (χ4v) is 5.07. The number of hydrogen-bond donors (Lipinski definition) is 1. The summed E-state index contributed by atoms with van der Waals surface area (Å²) in [7, 11) is 0. The van der Waals surface area contributed by atoms with Gasteiger partial charge < -0.3 is 14.6 Å². The number of carbonyl (C=O) groups excluding carboxylic acids is 1. The lowest BCUT2D eigenvalue weighted by molar-refractivity contribution is 0.0487. The van der Waals surface area contributed by atoms with E-state index in [-0.39, 0.29) is 17.1 Å². The van der Waals surface area contributed by atoms with Crippen LogP contribution >= 0.6 is 0 Å². The highest BCUT2D eigenvalue weighted by atomic mass is 19.1. The van der Waals surface area contributed by atoms with Crippen molar-refractivity contribution in [3.63, 3.8) is 0 Å². The largest absolute Gasteiger partial charge is 0.381 e. The Morgan fingerprint density at radius 2 is 1.94 bits per heavy atom. The molecule has 0 unspecified atom stereocenters. The lowest BCUT2D eigenvalue weighted by atomic mass is 9.74. The van der Waals surface area contributed by atoms with Crippen LogP contribution in [0.15, 0.2) is 30.3 Å². The van der Waals surface area contributed by atoms with Gasteiger partial charge in [-0.25, -0.2) is 14.4 Å². The van der Waals surface area contributed by atoms with Crippen molar-refractivity contribution in [3.05, 3.63) is 58.8 Å². The van der Waals surface area contributed by atoms with Crippen LogP contribution in [0.25, 0.3) is 11.2 Å². The Labute approximate surface area is 187 Å². The summed E-state index contributed by atoms with van der Waals surface area (Å²) in [6.07, 6.45) is 5.90. The molecule has 6 nitrogen and oxygen atoms in total. The molecular weight excluding hydrogens is 407 g/mol. The molecule has 1 saturated heterocycles. The molecule has 0 aliphatic carbocycles. The third-order valence-electron chi connectivity index (χ3n) is 6.93. The fraction of sp³-hybridized carbons (Fsp3) is 0.480. The van der Waals surface area contributed by atoms with Crippen molar-refractivity contribution in [2.75, 3.05) is 19.8 Å². The monoisotopic (exact) mass is 436 g/mol. The van der Waals surface area contributed by atoms with Crippen LogP contribution < -0.4 is 5.32 Å². The minimum Gasteiger partial charge on any atom is -0.381 e. The Kier molecular flexibility index (Phi) is 5.67. The Hall–Kier alpha value is -2.80. The first kappa shape index (κ1) is 21.1. The molecule has 1 aromatic carbocycles. The van der Waals surface area contributed by atoms with Gasteiger partial charge in [-0.2, -0.15) is 0 Å². The number of benzene rings is 1. The third-order valence-corrected chi connectivity index (χ3v) is 6.93. The van der Waals surface area contributed by atoms with Crippen molar-refractivity contribution >= 4 is 17.1 Å². The van der Waals surface area contributed by atoms with Crippen molar-refractivity contribution in [1.29, 1.82) is 0 Å². The number of ether oxygens (including phenoxy) is 1. The molecular formula is C25H29FN4O2. The zero-order valence-electron chi connectivity index (χ0n) is 18.5. The molecule has 32 heavy (non-hydrogen) atoms. The number of hydrogen-bond acceptors (Lipinski definition) is 4. The molecule has 0 saturated carbocycles. The molecule has 1 N–H and O–H groups in total. The predicted octanol–water partition coefficient (Wildman–Crippen LogP) is 4.08. The zero-order chi connectivity index (χ0) is 22.1. The van der Waals surface area contributed by atoms with Gasteiger partial charge in [-0.05, 0) is 56.4 Å². The molecule has 0 bridgehead atoms. The smallest absolute Gasteiger partial charge is 0.253 e. The number of aryl methyl sites for hydroxylation is 3. The highest BCUT2D eigenvalue weighted by Crippen LogP contribution is 2.34. The highest BCUT2D eigenvalue weighted by Gasteiger charge is 2.35. The van der Waals surface area contributed by atoms with E-state index in [0.29, 0.717) is 30.8 Å². The molecule has 1 amide bonds. The van der Waals surface area contributed by atoms with Crippen LogP contribution in [-0.2, 0) is 23.1 Å². The first-order valence-electron chi connectivity index (χ1n) is 11.5. The van der Waals surface area contributed by atoms with Crippen LogP contribution in [0.4, 0.5) is 4.39 Å². The summed E-state index contributed by atoms with van der Waals surface area (Å²) < 4.78 is 21.3. The SMILES string of the molecule is Cc1cc(C(=O)NCC2(c3ccc(F)cc3)CCOCC2)c2nc3n(c2n1)CCCCC3. The topological polar surface area (TPSA) is 69.0 Å². The molecule has 3 aromatic rings. The number of fused-ring (bicyclic) bond motifs is 3. The van der Waals surface area contributed by atoms with Gasteiger partial charge >= 0.3 is 0 Å². The predicted molar refractivity (Wildman–Crippen MR) is 120 cm³/mol. The number of imidazole rings is 1. The third kappa shape index (κ3) is 3.90. The summed E-state index contributed by atoms with van der Waals surface area (Å²) in [5.74, 6) is 0.632. The van der Waals surface area contributed by atoms with Crippen molar-refractivity contribution in [2.24, 2.45) is 0 Å². The number of nitrogens with one attached hydrogen (secondary N) is 1. The lowest BCUT2D eigenvalue weighted by Crippen LogP contribution is -2.44. The van der Waals surface area contributed by atoms with Crippen molar-refractivity contribution in [3.8, 4) is 0 Å². The number of rotatable bonds is 4. The number of pyridine rings is 1. The van der Waals surface area contributed by atoms with Crippen LogP contribution in [0.1, 0.15) is 59.5 Å². The number of carbonyl (C=O) groups is 1. The van der Waals surface area contributed by atoms with E-state index in [0.717, 1.165) is 61.4 Å². The maximum absolute atomic E-state index is 13.5. The lowest BCUT2D eigenvalue weighted by Gasteiger charge is -2.38. The van der Waals surface area contributed by atoms with Gasteiger partial charge in [0.25, 0.3) is 5.91 Å². The first-order valence-corrected chi connectivity index (χ1v) is 11.5. The van der Waals surface area contributed by atoms with Gasteiger partial charge in [0, 0.05) is 43.8 Å². The van der Waals surface area contributed by atoms with E-state index in [1.54, 1.807) is 0 Å². The van der Waals surface area contributed by atoms with Gasteiger partial charge in [-0.1, -0.05) is 18.6 Å². The summed E-state index contributed by atoms with van der Waals surface area (Å²) in [5.41, 5.74) is 3.66. The standard InChI is InChI=1S/C25H29FN4O2/c1-17-15-20(22-23(28-17)30-12-4-2-3-5-21(30)29-22)24(31)27-16-25(10-13-32-14-11-25)18-6-8-19(26)9-7-18/h6-9,15H,2-5,10-14,16H2,1H3,(H,27,31). The van der Waals surface area contributed by atoms with E-state index in [1.165, 1.54) is 18.6 Å². The maximum Gasteiger partial charge on any atom is 0.253 e. The second-order valence-electron chi connectivity index (χ2n) is 9.06. The number of halogens is 1. The van der Waals surface area contributed by atoms with E-state index in [9.17, 15) is 9.18 Å². The Morgan fingerprint density at radius 1 is 1.16 bits per heavy atom. The fourth-order valence-electron chi connectivity index (χ4n) is 5.07.